The largest absolute Gasteiger partial charge is 0.302 e. The number of hydrogen-bond donors (Lipinski definition) is 0. The fourth-order valence-corrected chi connectivity index (χ4v) is 6.60. The van der Waals surface area contributed by atoms with Gasteiger partial charge in [-0.3, -0.25) is 9.59 Å². The van der Waals surface area contributed by atoms with Crippen molar-refractivity contribution in [2.75, 3.05) is 0 Å². The first-order chi connectivity index (χ1) is 13.7. The van der Waals surface area contributed by atoms with Crippen molar-refractivity contribution in [3.63, 3.8) is 0 Å². The summed E-state index contributed by atoms with van der Waals surface area (Å²) in [6.45, 7) is 7.26. The van der Waals surface area contributed by atoms with E-state index in [1.807, 2.05) is 19.1 Å². The van der Waals surface area contributed by atoms with E-state index in [0.29, 0.717) is 22.3 Å². The average molecular weight is 425 g/mol. The molecule has 0 spiro atoms. The fraction of sp³-hybridized carbons (Fsp3) is 0.167. The Kier molecular flexibility index (Phi) is 5.93. The zero-order valence-electron chi connectivity index (χ0n) is 16.8. The molecule has 29 heavy (non-hydrogen) atoms. The summed E-state index contributed by atoms with van der Waals surface area (Å²) in [5.74, 6) is 0. The van der Waals surface area contributed by atoms with Crippen LogP contribution in [-0.2, 0) is 4.57 Å². The van der Waals surface area contributed by atoms with E-state index >= 15 is 0 Å². The predicted molar refractivity (Wildman–Crippen MR) is 119 cm³/mol. The topological polar surface area (TPSA) is 51.2 Å². The molecule has 0 aromatic heterocycles. The Morgan fingerprint density at radius 1 is 0.724 bits per heavy atom. The second-order valence-electron chi connectivity index (χ2n) is 7.26. The first-order valence-electron chi connectivity index (χ1n) is 9.26. The Labute approximate surface area is 176 Å². The molecule has 3 rings (SSSR count). The van der Waals surface area contributed by atoms with Crippen LogP contribution in [0.1, 0.15) is 43.0 Å². The Morgan fingerprint density at radius 2 is 1.28 bits per heavy atom. The SMILES string of the molecule is Cc1cc(C)c(C(=O)P(=O)(C(=O)c2c(C)cccc2Cl)c2ccccc2)c(C)c1. The van der Waals surface area contributed by atoms with Crippen LogP contribution in [0.4, 0.5) is 0 Å². The molecule has 5 heteroatoms. The minimum absolute atomic E-state index is 0.136. The zero-order valence-corrected chi connectivity index (χ0v) is 18.5. The molecule has 0 N–H and O–H groups in total. The highest BCUT2D eigenvalue weighted by Gasteiger charge is 2.44. The van der Waals surface area contributed by atoms with Crippen LogP contribution in [0, 0.1) is 27.7 Å². The highest BCUT2D eigenvalue weighted by Crippen LogP contribution is 2.53. The van der Waals surface area contributed by atoms with Crippen molar-refractivity contribution in [1.82, 2.24) is 0 Å². The average Bonchev–Trinajstić information content (AvgIpc) is 2.66. The van der Waals surface area contributed by atoms with Gasteiger partial charge in [-0.15, -0.1) is 0 Å². The Hall–Kier alpha value is -2.48. The lowest BCUT2D eigenvalue weighted by Gasteiger charge is -2.20. The normalized spacial score (nSPS) is 13.0. The van der Waals surface area contributed by atoms with Crippen LogP contribution in [0.3, 0.4) is 0 Å². The third-order valence-corrected chi connectivity index (χ3v) is 7.95. The lowest BCUT2D eigenvalue weighted by Crippen LogP contribution is -2.22. The first kappa shape index (κ1) is 21.2. The van der Waals surface area contributed by atoms with Crippen LogP contribution in [0.2, 0.25) is 5.02 Å². The molecule has 148 valence electrons. The van der Waals surface area contributed by atoms with Crippen molar-refractivity contribution in [2.45, 2.75) is 27.7 Å². The summed E-state index contributed by atoms with van der Waals surface area (Å²) >= 11 is 6.30. The summed E-state index contributed by atoms with van der Waals surface area (Å²) < 4.78 is 14.4. The number of halogens is 1. The van der Waals surface area contributed by atoms with Crippen molar-refractivity contribution in [2.24, 2.45) is 0 Å². The standard InChI is InChI=1S/C24H22ClO3P/c1-15-13-17(3)21(18(4)14-15)23(26)29(28,19-10-6-5-7-11-19)24(27)22-16(2)9-8-12-20(22)25/h5-14H,1-4H3. The molecule has 1 unspecified atom stereocenters. The summed E-state index contributed by atoms with van der Waals surface area (Å²) in [5, 5.41) is 0.407. The molecular weight excluding hydrogens is 403 g/mol. The molecule has 0 radical (unpaired) electrons. The molecule has 3 aromatic rings. The van der Waals surface area contributed by atoms with E-state index in [-0.39, 0.29) is 15.9 Å². The van der Waals surface area contributed by atoms with Gasteiger partial charge >= 0.3 is 0 Å². The van der Waals surface area contributed by atoms with E-state index in [0.717, 1.165) is 5.56 Å². The molecule has 3 nitrogen and oxygen atoms in total. The van der Waals surface area contributed by atoms with Crippen LogP contribution in [0.15, 0.2) is 60.7 Å². The van der Waals surface area contributed by atoms with Gasteiger partial charge in [-0.1, -0.05) is 71.8 Å². The van der Waals surface area contributed by atoms with E-state index < -0.39 is 18.2 Å². The van der Waals surface area contributed by atoms with Crippen molar-refractivity contribution in [3.05, 3.63) is 99.1 Å². The van der Waals surface area contributed by atoms with Crippen LogP contribution in [0.25, 0.3) is 0 Å². The summed E-state index contributed by atoms with van der Waals surface area (Å²) in [4.78, 5) is 27.4. The molecule has 0 aliphatic heterocycles. The van der Waals surface area contributed by atoms with Crippen LogP contribution in [0.5, 0.6) is 0 Å². The van der Waals surface area contributed by atoms with Gasteiger partial charge in [0.05, 0.1) is 5.02 Å². The predicted octanol–water partition coefficient (Wildman–Crippen LogP) is 6.24. The van der Waals surface area contributed by atoms with Crippen LogP contribution < -0.4 is 5.30 Å². The lowest BCUT2D eigenvalue weighted by atomic mass is 10.0. The molecule has 1 atom stereocenters. The Bertz CT molecular complexity index is 1120. The second kappa shape index (κ2) is 8.10. The van der Waals surface area contributed by atoms with Gasteiger partial charge in [0.2, 0.25) is 18.2 Å². The van der Waals surface area contributed by atoms with E-state index in [2.05, 4.69) is 0 Å². The van der Waals surface area contributed by atoms with Gasteiger partial charge in [-0.25, -0.2) is 0 Å². The molecule has 0 bridgehead atoms. The third-order valence-electron chi connectivity index (χ3n) is 5.02. The molecular formula is C24H22ClO3P. The maximum atomic E-state index is 14.4. The zero-order chi connectivity index (χ0) is 21.3. The summed E-state index contributed by atoms with van der Waals surface area (Å²) in [5.41, 5.74) is 2.08. The molecule has 0 aliphatic rings. The minimum Gasteiger partial charge on any atom is -0.302 e. The smallest absolute Gasteiger partial charge is 0.248 e. The number of benzene rings is 3. The van der Waals surface area contributed by atoms with Gasteiger partial charge in [0, 0.05) is 16.4 Å². The number of rotatable bonds is 5. The van der Waals surface area contributed by atoms with Gasteiger partial charge in [-0.2, -0.15) is 0 Å². The maximum Gasteiger partial charge on any atom is 0.248 e. The molecule has 0 fully saturated rings. The number of carbonyl (C=O) groups excluding carboxylic acids is 2. The summed E-state index contributed by atoms with van der Waals surface area (Å²) in [6, 6.07) is 17.0. The number of hydrogen-bond acceptors (Lipinski definition) is 3. The van der Waals surface area contributed by atoms with E-state index in [4.69, 9.17) is 11.6 Å². The lowest BCUT2D eigenvalue weighted by molar-refractivity contribution is 0.104. The maximum absolute atomic E-state index is 14.4. The van der Waals surface area contributed by atoms with Gasteiger partial charge < -0.3 is 4.57 Å². The van der Waals surface area contributed by atoms with E-state index in [9.17, 15) is 14.2 Å². The van der Waals surface area contributed by atoms with Crippen LogP contribution >= 0.6 is 18.7 Å². The van der Waals surface area contributed by atoms with Crippen LogP contribution in [-0.4, -0.2) is 11.0 Å². The van der Waals surface area contributed by atoms with Crippen molar-refractivity contribution >= 4 is 35.1 Å². The fourth-order valence-electron chi connectivity index (χ4n) is 3.70. The highest BCUT2D eigenvalue weighted by molar-refractivity contribution is 8.01. The molecule has 3 aromatic carbocycles. The van der Waals surface area contributed by atoms with E-state index in [1.54, 1.807) is 69.3 Å². The first-order valence-corrected chi connectivity index (χ1v) is 11.3. The molecule has 0 aliphatic carbocycles. The second-order valence-corrected chi connectivity index (χ2v) is 10.2. The summed E-state index contributed by atoms with van der Waals surface area (Å²) in [7, 11) is -4.18. The van der Waals surface area contributed by atoms with Crippen molar-refractivity contribution in [3.8, 4) is 0 Å². The minimum atomic E-state index is -4.18. The number of carbonyl (C=O) groups is 2. The highest BCUT2D eigenvalue weighted by atomic mass is 35.5. The molecule has 0 saturated carbocycles. The molecule has 0 amide bonds. The Morgan fingerprint density at radius 3 is 1.83 bits per heavy atom. The quantitative estimate of drug-likeness (QED) is 0.455. The van der Waals surface area contributed by atoms with E-state index in [1.165, 1.54) is 0 Å². The van der Waals surface area contributed by atoms with Gasteiger partial charge in [-0.05, 0) is 50.5 Å². The molecule has 0 heterocycles. The van der Waals surface area contributed by atoms with Gasteiger partial charge in [0.25, 0.3) is 0 Å². The number of aryl methyl sites for hydroxylation is 4. The van der Waals surface area contributed by atoms with Crippen molar-refractivity contribution < 1.29 is 14.2 Å². The molecule has 0 saturated heterocycles. The summed E-state index contributed by atoms with van der Waals surface area (Å²) in [6.07, 6.45) is 0. The monoisotopic (exact) mass is 424 g/mol. The third kappa shape index (κ3) is 3.73. The van der Waals surface area contributed by atoms with Crippen molar-refractivity contribution in [1.29, 1.82) is 0 Å². The van der Waals surface area contributed by atoms with Gasteiger partial charge in [0.15, 0.2) is 0 Å². The van der Waals surface area contributed by atoms with Gasteiger partial charge in [0.1, 0.15) is 0 Å². The Balaban J connectivity index is 2.31.